The number of rotatable bonds is 8. The van der Waals surface area contributed by atoms with Gasteiger partial charge in [0.15, 0.2) is 0 Å². The number of nitrogens with one attached hydrogen (secondary N) is 2. The number of hydrogen-bond acceptors (Lipinski definition) is 3. The molecule has 1 heterocycles. The highest BCUT2D eigenvalue weighted by atomic mass is 15.1. The van der Waals surface area contributed by atoms with Crippen LogP contribution >= 0.6 is 0 Å². The lowest BCUT2D eigenvalue weighted by Gasteiger charge is -2.23. The van der Waals surface area contributed by atoms with Crippen LogP contribution in [0.4, 0.5) is 0 Å². The Bertz CT molecular complexity index is 151. The summed E-state index contributed by atoms with van der Waals surface area (Å²) in [4.78, 5) is 2.49. The molecule has 1 saturated heterocycles. The van der Waals surface area contributed by atoms with Crippen molar-refractivity contribution in [3.8, 4) is 0 Å². The van der Waals surface area contributed by atoms with E-state index in [0.717, 1.165) is 5.92 Å². The summed E-state index contributed by atoms with van der Waals surface area (Å²) in [7, 11) is 0. The molecule has 0 aromatic heterocycles. The van der Waals surface area contributed by atoms with E-state index in [-0.39, 0.29) is 0 Å². The monoisotopic (exact) mass is 227 g/mol. The van der Waals surface area contributed by atoms with Crippen LogP contribution in [0, 0.1) is 5.92 Å². The van der Waals surface area contributed by atoms with Crippen LogP contribution in [0.15, 0.2) is 0 Å². The zero-order chi connectivity index (χ0) is 11.6. The molecule has 0 aromatic rings. The van der Waals surface area contributed by atoms with Crippen LogP contribution in [0.1, 0.15) is 33.1 Å². The molecule has 16 heavy (non-hydrogen) atoms. The fraction of sp³-hybridized carbons (Fsp3) is 1.00. The Labute approximate surface area is 101 Å². The topological polar surface area (TPSA) is 27.3 Å². The van der Waals surface area contributed by atoms with Crippen LogP contribution in [0.3, 0.4) is 0 Å². The van der Waals surface area contributed by atoms with Gasteiger partial charge in [0.1, 0.15) is 0 Å². The largest absolute Gasteiger partial charge is 0.317 e. The molecule has 0 spiro atoms. The van der Waals surface area contributed by atoms with Crippen molar-refractivity contribution in [3.05, 3.63) is 0 Å². The summed E-state index contributed by atoms with van der Waals surface area (Å²) in [6.45, 7) is 12.9. The van der Waals surface area contributed by atoms with Crippen molar-refractivity contribution in [3.63, 3.8) is 0 Å². The molecular formula is C13H29N3. The summed E-state index contributed by atoms with van der Waals surface area (Å²) in [5.74, 6) is 0.912. The summed E-state index contributed by atoms with van der Waals surface area (Å²) in [5, 5.41) is 7.02. The highest BCUT2D eigenvalue weighted by Gasteiger charge is 2.11. The van der Waals surface area contributed by atoms with Gasteiger partial charge in [0, 0.05) is 0 Å². The Morgan fingerprint density at radius 2 is 1.88 bits per heavy atom. The second-order valence-electron chi connectivity index (χ2n) is 4.78. The van der Waals surface area contributed by atoms with E-state index in [1.165, 1.54) is 65.1 Å². The normalized spacial score (nSPS) is 18.2. The van der Waals surface area contributed by atoms with Crippen molar-refractivity contribution >= 4 is 0 Å². The molecular weight excluding hydrogens is 198 g/mol. The average Bonchev–Trinajstić information content (AvgIpc) is 2.35. The summed E-state index contributed by atoms with van der Waals surface area (Å²) >= 11 is 0. The molecule has 3 heteroatoms. The summed E-state index contributed by atoms with van der Waals surface area (Å²) in [6, 6.07) is 0. The van der Waals surface area contributed by atoms with Gasteiger partial charge in [-0.15, -0.1) is 0 Å². The summed E-state index contributed by atoms with van der Waals surface area (Å²) in [5.41, 5.74) is 0. The second-order valence-corrected chi connectivity index (χ2v) is 4.78. The predicted octanol–water partition coefficient (Wildman–Crippen LogP) is 1.31. The minimum Gasteiger partial charge on any atom is -0.317 e. The van der Waals surface area contributed by atoms with Gasteiger partial charge >= 0.3 is 0 Å². The molecule has 0 bridgehead atoms. The average molecular weight is 227 g/mol. The molecule has 0 unspecified atom stereocenters. The van der Waals surface area contributed by atoms with Crippen molar-refractivity contribution in [1.29, 1.82) is 0 Å². The molecule has 0 aromatic carbocycles. The lowest BCUT2D eigenvalue weighted by Crippen LogP contribution is -2.34. The number of piperidine rings is 1. The van der Waals surface area contributed by atoms with Gasteiger partial charge in [0.2, 0.25) is 0 Å². The lowest BCUT2D eigenvalue weighted by atomic mass is 9.98. The molecule has 96 valence electrons. The molecule has 1 rings (SSSR count). The molecule has 0 atom stereocenters. The van der Waals surface area contributed by atoms with E-state index >= 15 is 0 Å². The molecule has 1 aliphatic heterocycles. The third-order valence-corrected chi connectivity index (χ3v) is 3.61. The molecule has 0 radical (unpaired) electrons. The van der Waals surface area contributed by atoms with E-state index < -0.39 is 0 Å². The Hall–Kier alpha value is -0.120. The third kappa shape index (κ3) is 5.83. The third-order valence-electron chi connectivity index (χ3n) is 3.61. The van der Waals surface area contributed by atoms with Gasteiger partial charge in [-0.3, -0.25) is 0 Å². The van der Waals surface area contributed by atoms with Crippen molar-refractivity contribution < 1.29 is 0 Å². The first kappa shape index (κ1) is 13.9. The number of nitrogens with zero attached hydrogens (tertiary/aromatic N) is 1. The van der Waals surface area contributed by atoms with Gasteiger partial charge in [-0.05, 0) is 71.0 Å². The number of hydrogen-bond donors (Lipinski definition) is 2. The Balaban J connectivity index is 1.90. The van der Waals surface area contributed by atoms with Gasteiger partial charge in [-0.1, -0.05) is 13.8 Å². The van der Waals surface area contributed by atoms with Crippen molar-refractivity contribution in [1.82, 2.24) is 15.5 Å². The van der Waals surface area contributed by atoms with Gasteiger partial charge in [0.05, 0.1) is 0 Å². The fourth-order valence-electron chi connectivity index (χ4n) is 2.36. The van der Waals surface area contributed by atoms with Crippen LogP contribution in [-0.2, 0) is 0 Å². The first-order chi connectivity index (χ1) is 7.86. The maximum Gasteiger partial charge on any atom is -0.000687 e. The quantitative estimate of drug-likeness (QED) is 0.612. The minimum absolute atomic E-state index is 0.912. The summed E-state index contributed by atoms with van der Waals surface area (Å²) in [6.07, 6.45) is 3.98. The Kier molecular flexibility index (Phi) is 7.81. The second kappa shape index (κ2) is 8.97. The molecule has 3 nitrogen and oxygen atoms in total. The van der Waals surface area contributed by atoms with E-state index in [1.54, 1.807) is 0 Å². The van der Waals surface area contributed by atoms with Gasteiger partial charge in [-0.25, -0.2) is 0 Å². The van der Waals surface area contributed by atoms with Crippen LogP contribution in [0.25, 0.3) is 0 Å². The molecule has 0 saturated carbocycles. The van der Waals surface area contributed by atoms with Crippen LogP contribution in [-0.4, -0.2) is 50.7 Å². The Morgan fingerprint density at radius 1 is 1.19 bits per heavy atom. The van der Waals surface area contributed by atoms with E-state index in [2.05, 4.69) is 29.4 Å². The van der Waals surface area contributed by atoms with Crippen LogP contribution in [0.2, 0.25) is 0 Å². The maximum absolute atomic E-state index is 3.60. The molecule has 2 N–H and O–H groups in total. The summed E-state index contributed by atoms with van der Waals surface area (Å²) < 4.78 is 0. The molecule has 0 amide bonds. The van der Waals surface area contributed by atoms with E-state index in [4.69, 9.17) is 0 Å². The van der Waals surface area contributed by atoms with Crippen molar-refractivity contribution in [2.45, 2.75) is 33.1 Å². The predicted molar refractivity (Wildman–Crippen MR) is 70.9 cm³/mol. The highest BCUT2D eigenvalue weighted by Crippen LogP contribution is 2.09. The fourth-order valence-corrected chi connectivity index (χ4v) is 2.36. The first-order valence-electron chi connectivity index (χ1n) is 7.00. The smallest absolute Gasteiger partial charge is 0.000687 e. The highest BCUT2D eigenvalue weighted by molar-refractivity contribution is 4.70. The Morgan fingerprint density at radius 3 is 2.50 bits per heavy atom. The van der Waals surface area contributed by atoms with E-state index in [0.29, 0.717) is 0 Å². The molecule has 1 aliphatic rings. The van der Waals surface area contributed by atoms with Crippen LogP contribution in [0.5, 0.6) is 0 Å². The van der Waals surface area contributed by atoms with E-state index in [9.17, 15) is 0 Å². The van der Waals surface area contributed by atoms with Gasteiger partial charge in [0.25, 0.3) is 0 Å². The SMILES string of the molecule is CCN(CC)CCCNCC1CCNCC1. The van der Waals surface area contributed by atoms with Gasteiger partial charge < -0.3 is 15.5 Å². The maximum atomic E-state index is 3.60. The zero-order valence-electron chi connectivity index (χ0n) is 11.1. The van der Waals surface area contributed by atoms with Gasteiger partial charge in [-0.2, -0.15) is 0 Å². The van der Waals surface area contributed by atoms with E-state index in [1.807, 2.05) is 0 Å². The standard InChI is InChI=1S/C13H29N3/c1-3-16(4-2)11-5-8-15-12-13-6-9-14-10-7-13/h13-15H,3-12H2,1-2H3. The van der Waals surface area contributed by atoms with Crippen LogP contribution < -0.4 is 10.6 Å². The van der Waals surface area contributed by atoms with Crippen molar-refractivity contribution in [2.24, 2.45) is 5.92 Å². The van der Waals surface area contributed by atoms with Crippen molar-refractivity contribution in [2.75, 3.05) is 45.8 Å². The molecule has 0 aliphatic carbocycles. The minimum atomic E-state index is 0.912. The molecule has 1 fully saturated rings. The lowest BCUT2D eigenvalue weighted by molar-refractivity contribution is 0.293. The first-order valence-corrected chi connectivity index (χ1v) is 7.00. The zero-order valence-corrected chi connectivity index (χ0v) is 11.1.